The lowest BCUT2D eigenvalue weighted by Gasteiger charge is -2.38. The monoisotopic (exact) mass is 395 g/mol. The normalized spacial score (nSPS) is 14.3. The van der Waals surface area contributed by atoms with E-state index >= 15 is 0 Å². The lowest BCUT2D eigenvalue weighted by atomic mass is 10.1. The number of aromatic carboxylic acids is 1. The van der Waals surface area contributed by atoms with Crippen molar-refractivity contribution < 1.29 is 19.0 Å². The number of carbonyl (C=O) groups is 1. The van der Waals surface area contributed by atoms with E-state index in [0.29, 0.717) is 5.52 Å². The second-order valence-corrected chi connectivity index (χ2v) is 7.13. The fourth-order valence-electron chi connectivity index (χ4n) is 3.81. The van der Waals surface area contributed by atoms with E-state index in [0.717, 1.165) is 48.5 Å². The third kappa shape index (κ3) is 3.68. The molecule has 1 aromatic heterocycles. The zero-order chi connectivity index (χ0) is 20.5. The predicted molar refractivity (Wildman–Crippen MR) is 111 cm³/mol. The van der Waals surface area contributed by atoms with Crippen molar-refractivity contribution in [1.82, 2.24) is 4.98 Å². The van der Waals surface area contributed by atoms with E-state index in [-0.39, 0.29) is 17.3 Å². The number of halogens is 1. The maximum Gasteiger partial charge on any atom is 0.358 e. The Labute approximate surface area is 168 Å². The molecule has 150 valence electrons. The summed E-state index contributed by atoms with van der Waals surface area (Å²) in [5, 5.41) is 10.2. The molecule has 0 atom stereocenters. The molecule has 29 heavy (non-hydrogen) atoms. The van der Waals surface area contributed by atoms with Gasteiger partial charge in [0.25, 0.3) is 0 Å². The van der Waals surface area contributed by atoms with Crippen LogP contribution in [0.1, 0.15) is 16.1 Å². The van der Waals surface area contributed by atoms with Gasteiger partial charge in [-0.3, -0.25) is 0 Å². The number of carboxylic acid groups (broad SMARTS) is 1. The Morgan fingerprint density at radius 3 is 2.34 bits per heavy atom. The number of aryl methyl sites for hydroxylation is 1. The third-order valence-electron chi connectivity index (χ3n) is 5.33. The number of rotatable bonds is 4. The number of benzene rings is 2. The maximum absolute atomic E-state index is 13.2. The van der Waals surface area contributed by atoms with E-state index in [1.165, 1.54) is 19.2 Å². The largest absolute Gasteiger partial charge is 0.494 e. The number of fused-ring (bicyclic) bond motifs is 1. The molecule has 0 spiro atoms. The lowest BCUT2D eigenvalue weighted by Crippen LogP contribution is -2.46. The quantitative estimate of drug-likeness (QED) is 0.726. The molecule has 1 N–H and O–H groups in total. The van der Waals surface area contributed by atoms with Crippen molar-refractivity contribution in [3.63, 3.8) is 0 Å². The minimum Gasteiger partial charge on any atom is -0.494 e. The SMILES string of the molecule is COc1cc2cc(C)c(N3CCN(c4ccc(F)cc4)CC3)cc2nc1C(=O)O. The Balaban J connectivity index is 1.60. The molecular weight excluding hydrogens is 373 g/mol. The van der Waals surface area contributed by atoms with E-state index in [9.17, 15) is 14.3 Å². The standard InChI is InChI=1S/C22H22FN3O3/c1-14-11-15-12-20(29-2)21(22(27)28)24-18(15)13-19(14)26-9-7-25(8-10-26)17-5-3-16(23)4-6-17/h3-6,11-13H,7-10H2,1-2H3,(H,27,28). The van der Waals surface area contributed by atoms with Gasteiger partial charge in [-0.05, 0) is 55.0 Å². The van der Waals surface area contributed by atoms with Gasteiger partial charge in [-0.15, -0.1) is 0 Å². The summed E-state index contributed by atoms with van der Waals surface area (Å²) in [7, 11) is 1.44. The number of pyridine rings is 1. The van der Waals surface area contributed by atoms with E-state index in [2.05, 4.69) is 14.8 Å². The van der Waals surface area contributed by atoms with Crippen LogP contribution in [0.2, 0.25) is 0 Å². The van der Waals surface area contributed by atoms with E-state index in [1.54, 1.807) is 18.2 Å². The number of ether oxygens (including phenoxy) is 1. The molecule has 0 amide bonds. The Bertz CT molecular complexity index is 1060. The number of aromatic nitrogens is 1. The van der Waals surface area contributed by atoms with Gasteiger partial charge in [0, 0.05) is 42.9 Å². The van der Waals surface area contributed by atoms with Crippen LogP contribution in [0.25, 0.3) is 10.9 Å². The van der Waals surface area contributed by atoms with Gasteiger partial charge in [0.15, 0.2) is 11.4 Å². The van der Waals surface area contributed by atoms with Crippen LogP contribution >= 0.6 is 0 Å². The van der Waals surface area contributed by atoms with Crippen LogP contribution in [-0.4, -0.2) is 49.3 Å². The number of anilines is 2. The van der Waals surface area contributed by atoms with Gasteiger partial charge >= 0.3 is 5.97 Å². The average Bonchev–Trinajstić information content (AvgIpc) is 2.73. The second-order valence-electron chi connectivity index (χ2n) is 7.13. The molecule has 2 heterocycles. The number of hydrogen-bond acceptors (Lipinski definition) is 5. The summed E-state index contributed by atoms with van der Waals surface area (Å²) < 4.78 is 18.3. The van der Waals surface area contributed by atoms with Crippen molar-refractivity contribution in [1.29, 1.82) is 0 Å². The Morgan fingerprint density at radius 1 is 1.07 bits per heavy atom. The van der Waals surface area contributed by atoms with Gasteiger partial charge in [0.05, 0.1) is 12.6 Å². The van der Waals surface area contributed by atoms with Crippen LogP contribution in [0.3, 0.4) is 0 Å². The van der Waals surface area contributed by atoms with Crippen molar-refractivity contribution in [3.8, 4) is 5.75 Å². The van der Waals surface area contributed by atoms with Crippen LogP contribution in [0, 0.1) is 12.7 Å². The maximum atomic E-state index is 13.2. The van der Waals surface area contributed by atoms with Gasteiger partial charge < -0.3 is 19.6 Å². The van der Waals surface area contributed by atoms with E-state index < -0.39 is 5.97 Å². The molecule has 1 aliphatic rings. The van der Waals surface area contributed by atoms with Crippen LogP contribution in [0.15, 0.2) is 42.5 Å². The molecule has 1 saturated heterocycles. The van der Waals surface area contributed by atoms with Crippen molar-refractivity contribution >= 4 is 28.2 Å². The molecule has 0 radical (unpaired) electrons. The van der Waals surface area contributed by atoms with Crippen LogP contribution in [-0.2, 0) is 0 Å². The Hall–Kier alpha value is -3.35. The van der Waals surface area contributed by atoms with Gasteiger partial charge in [-0.1, -0.05) is 0 Å². The van der Waals surface area contributed by atoms with E-state index in [4.69, 9.17) is 4.74 Å². The highest BCUT2D eigenvalue weighted by Crippen LogP contribution is 2.30. The van der Waals surface area contributed by atoms with Gasteiger partial charge in [0.1, 0.15) is 5.82 Å². The highest BCUT2D eigenvalue weighted by molar-refractivity contribution is 5.94. The van der Waals surface area contributed by atoms with Crippen LogP contribution in [0.4, 0.5) is 15.8 Å². The molecule has 1 aliphatic heterocycles. The number of carboxylic acids is 1. The first-order valence-corrected chi connectivity index (χ1v) is 9.44. The highest BCUT2D eigenvalue weighted by Gasteiger charge is 2.21. The lowest BCUT2D eigenvalue weighted by molar-refractivity contribution is 0.0687. The summed E-state index contributed by atoms with van der Waals surface area (Å²) in [4.78, 5) is 20.3. The topological polar surface area (TPSA) is 65.9 Å². The summed E-state index contributed by atoms with van der Waals surface area (Å²) in [6.07, 6.45) is 0. The first-order valence-electron chi connectivity index (χ1n) is 9.44. The smallest absolute Gasteiger partial charge is 0.358 e. The molecule has 0 bridgehead atoms. The van der Waals surface area contributed by atoms with Gasteiger partial charge in [-0.25, -0.2) is 14.2 Å². The highest BCUT2D eigenvalue weighted by atomic mass is 19.1. The number of hydrogen-bond donors (Lipinski definition) is 1. The minimum atomic E-state index is -1.11. The molecular formula is C22H22FN3O3. The third-order valence-corrected chi connectivity index (χ3v) is 5.33. The first-order chi connectivity index (χ1) is 14.0. The first kappa shape index (κ1) is 19.0. The average molecular weight is 395 g/mol. The summed E-state index contributed by atoms with van der Waals surface area (Å²) >= 11 is 0. The number of methoxy groups -OCH3 is 1. The summed E-state index contributed by atoms with van der Waals surface area (Å²) in [6, 6.07) is 12.2. The van der Waals surface area contributed by atoms with Gasteiger partial charge in [0.2, 0.25) is 0 Å². The summed E-state index contributed by atoms with van der Waals surface area (Å²) in [5.74, 6) is -1.09. The molecule has 2 aromatic carbocycles. The Kier molecular flexibility index (Phi) is 4.96. The molecule has 7 heteroatoms. The van der Waals surface area contributed by atoms with Crippen LogP contribution in [0.5, 0.6) is 5.75 Å². The summed E-state index contributed by atoms with van der Waals surface area (Å²) in [6.45, 7) is 5.30. The molecule has 0 aliphatic carbocycles. The zero-order valence-electron chi connectivity index (χ0n) is 16.4. The molecule has 3 aromatic rings. The van der Waals surface area contributed by atoms with Crippen molar-refractivity contribution in [2.45, 2.75) is 6.92 Å². The molecule has 0 unspecified atom stereocenters. The van der Waals surface area contributed by atoms with Crippen molar-refractivity contribution in [3.05, 3.63) is 59.5 Å². The van der Waals surface area contributed by atoms with Gasteiger partial charge in [-0.2, -0.15) is 0 Å². The van der Waals surface area contributed by atoms with Crippen molar-refractivity contribution in [2.75, 3.05) is 43.1 Å². The van der Waals surface area contributed by atoms with E-state index in [1.807, 2.05) is 19.1 Å². The second kappa shape index (κ2) is 7.58. The van der Waals surface area contributed by atoms with Crippen molar-refractivity contribution in [2.24, 2.45) is 0 Å². The number of nitrogens with zero attached hydrogens (tertiary/aromatic N) is 3. The minimum absolute atomic E-state index is 0.0871. The fraction of sp³-hybridized carbons (Fsp3) is 0.273. The predicted octanol–water partition coefficient (Wildman–Crippen LogP) is 3.72. The van der Waals surface area contributed by atoms with Crippen LogP contribution < -0.4 is 14.5 Å². The molecule has 6 nitrogen and oxygen atoms in total. The fourth-order valence-corrected chi connectivity index (χ4v) is 3.81. The molecule has 4 rings (SSSR count). The number of piperazine rings is 1. The Morgan fingerprint density at radius 2 is 1.72 bits per heavy atom. The summed E-state index contributed by atoms with van der Waals surface area (Å²) in [5.41, 5.74) is 3.70. The molecule has 1 fully saturated rings. The zero-order valence-corrected chi connectivity index (χ0v) is 16.4. The molecule has 0 saturated carbocycles.